The van der Waals surface area contributed by atoms with Gasteiger partial charge in [-0.1, -0.05) is 54.1 Å². The molecular weight excluding hydrogens is 318 g/mol. The van der Waals surface area contributed by atoms with E-state index in [0.29, 0.717) is 10.6 Å². The highest BCUT2D eigenvalue weighted by Crippen LogP contribution is 2.38. The molecule has 0 saturated heterocycles. The van der Waals surface area contributed by atoms with Crippen molar-refractivity contribution in [3.63, 3.8) is 0 Å². The first-order valence-corrected chi connectivity index (χ1v) is 7.87. The minimum absolute atomic E-state index is 0.532. The Morgan fingerprint density at radius 2 is 1.75 bits per heavy atom. The van der Waals surface area contributed by atoms with E-state index >= 15 is 0 Å². The van der Waals surface area contributed by atoms with E-state index < -0.39 is 0 Å². The molecule has 3 nitrogen and oxygen atoms in total. The van der Waals surface area contributed by atoms with Gasteiger partial charge in [0.2, 0.25) is 0 Å². The highest BCUT2D eigenvalue weighted by atomic mass is 35.5. The van der Waals surface area contributed by atoms with E-state index in [1.165, 1.54) is 0 Å². The number of pyridine rings is 1. The van der Waals surface area contributed by atoms with Gasteiger partial charge in [0.05, 0.1) is 11.3 Å². The van der Waals surface area contributed by atoms with E-state index in [4.69, 9.17) is 11.6 Å². The molecule has 114 valence electrons. The smallest absolute Gasteiger partial charge is 0.138 e. The minimum atomic E-state index is 0.532. The summed E-state index contributed by atoms with van der Waals surface area (Å²) in [5.41, 5.74) is 5.31. The summed E-state index contributed by atoms with van der Waals surface area (Å²) in [5.74, 6) is 0. The lowest BCUT2D eigenvalue weighted by molar-refractivity contribution is 1.31. The first-order chi connectivity index (χ1) is 11.8. The fourth-order valence-corrected chi connectivity index (χ4v) is 3.09. The van der Waals surface area contributed by atoms with E-state index in [1.807, 2.05) is 60.7 Å². The fourth-order valence-electron chi connectivity index (χ4n) is 2.90. The van der Waals surface area contributed by atoms with Crippen molar-refractivity contribution < 1.29 is 0 Å². The van der Waals surface area contributed by atoms with Gasteiger partial charge in [-0.25, -0.2) is 4.98 Å². The number of hydrogen-bond acceptors (Lipinski definition) is 2. The van der Waals surface area contributed by atoms with Crippen LogP contribution in [0.15, 0.2) is 66.9 Å². The van der Waals surface area contributed by atoms with Gasteiger partial charge < -0.3 is 4.98 Å². The Labute approximate surface area is 144 Å². The highest BCUT2D eigenvalue weighted by molar-refractivity contribution is 6.31. The summed E-state index contributed by atoms with van der Waals surface area (Å²) < 4.78 is 0. The van der Waals surface area contributed by atoms with Crippen molar-refractivity contribution in [1.82, 2.24) is 9.97 Å². The van der Waals surface area contributed by atoms with Crippen molar-refractivity contribution in [2.24, 2.45) is 0 Å². The first-order valence-electron chi connectivity index (χ1n) is 7.49. The average molecular weight is 330 g/mol. The number of rotatable bonds is 2. The molecule has 1 N–H and O–H groups in total. The van der Waals surface area contributed by atoms with Gasteiger partial charge in [-0.2, -0.15) is 5.26 Å². The normalized spacial score (nSPS) is 10.7. The van der Waals surface area contributed by atoms with Crippen LogP contribution in [-0.4, -0.2) is 9.97 Å². The van der Waals surface area contributed by atoms with Crippen molar-refractivity contribution >= 4 is 22.6 Å². The lowest BCUT2D eigenvalue weighted by atomic mass is 9.98. The number of aromatic nitrogens is 2. The van der Waals surface area contributed by atoms with Crippen molar-refractivity contribution in [2.75, 3.05) is 0 Å². The maximum atomic E-state index is 9.21. The molecule has 0 saturated carbocycles. The molecule has 0 amide bonds. The summed E-state index contributed by atoms with van der Waals surface area (Å²) in [4.78, 5) is 7.78. The third-order valence-corrected chi connectivity index (χ3v) is 4.19. The molecule has 0 aliphatic heterocycles. The van der Waals surface area contributed by atoms with Crippen molar-refractivity contribution in [3.8, 4) is 28.5 Å². The van der Waals surface area contributed by atoms with Crippen LogP contribution in [0.3, 0.4) is 0 Å². The average Bonchev–Trinajstić information content (AvgIpc) is 3.01. The molecule has 0 fully saturated rings. The zero-order chi connectivity index (χ0) is 16.5. The van der Waals surface area contributed by atoms with Gasteiger partial charge in [0.1, 0.15) is 11.7 Å². The Morgan fingerprint density at radius 1 is 0.958 bits per heavy atom. The number of hydrogen-bond donors (Lipinski definition) is 1. The van der Waals surface area contributed by atoms with Crippen LogP contribution in [0.1, 0.15) is 5.56 Å². The summed E-state index contributed by atoms with van der Waals surface area (Å²) >= 11 is 6.19. The molecule has 2 heterocycles. The van der Waals surface area contributed by atoms with E-state index in [1.54, 1.807) is 6.20 Å². The summed E-state index contributed by atoms with van der Waals surface area (Å²) in [6.07, 6.45) is 1.58. The minimum Gasteiger partial charge on any atom is -0.339 e. The summed E-state index contributed by atoms with van der Waals surface area (Å²) in [6.45, 7) is 0. The molecule has 0 unspecified atom stereocenters. The standard InChI is InChI=1S/C20H12ClN3/c21-16-8-4-7-15(10-16)18-17-9-13(11-22)12-23-20(17)24-19(18)14-5-2-1-3-6-14/h1-10,12H,(H,23,24). The molecule has 2 aromatic heterocycles. The van der Waals surface area contributed by atoms with Crippen LogP contribution in [0.4, 0.5) is 0 Å². The molecule has 0 radical (unpaired) electrons. The third-order valence-electron chi connectivity index (χ3n) is 3.96. The number of nitrogens with zero attached hydrogens (tertiary/aromatic N) is 2. The van der Waals surface area contributed by atoms with Crippen molar-refractivity contribution in [3.05, 3.63) is 77.4 Å². The Bertz CT molecular complexity index is 1080. The molecule has 0 aliphatic rings. The van der Waals surface area contributed by atoms with E-state index in [-0.39, 0.29) is 0 Å². The lowest BCUT2D eigenvalue weighted by Crippen LogP contribution is -1.83. The van der Waals surface area contributed by atoms with Crippen molar-refractivity contribution in [2.45, 2.75) is 0 Å². The number of halogens is 1. The van der Waals surface area contributed by atoms with E-state index in [0.717, 1.165) is 33.4 Å². The highest BCUT2D eigenvalue weighted by Gasteiger charge is 2.16. The Morgan fingerprint density at radius 3 is 2.50 bits per heavy atom. The molecule has 4 heteroatoms. The molecule has 0 spiro atoms. The van der Waals surface area contributed by atoms with Gasteiger partial charge in [-0.3, -0.25) is 0 Å². The van der Waals surface area contributed by atoms with E-state index in [9.17, 15) is 5.26 Å². The number of aromatic amines is 1. The first kappa shape index (κ1) is 14.5. The number of nitrogens with one attached hydrogen (secondary N) is 1. The molecule has 0 aliphatic carbocycles. The van der Waals surface area contributed by atoms with Gasteiger partial charge >= 0.3 is 0 Å². The predicted molar refractivity (Wildman–Crippen MR) is 96.7 cm³/mol. The third kappa shape index (κ3) is 2.44. The van der Waals surface area contributed by atoms with Gasteiger partial charge in [-0.15, -0.1) is 0 Å². The molecule has 0 atom stereocenters. The number of fused-ring (bicyclic) bond motifs is 1. The second-order valence-corrected chi connectivity index (χ2v) is 5.92. The molecule has 0 bridgehead atoms. The lowest BCUT2D eigenvalue weighted by Gasteiger charge is -2.06. The summed E-state index contributed by atoms with van der Waals surface area (Å²) in [6, 6.07) is 21.8. The number of H-pyrrole nitrogens is 1. The number of nitriles is 1. The van der Waals surface area contributed by atoms with E-state index in [2.05, 4.69) is 16.0 Å². The molecular formula is C20H12ClN3. The van der Waals surface area contributed by atoms with Gasteiger partial charge in [0, 0.05) is 22.2 Å². The second kappa shape index (κ2) is 5.84. The Kier molecular flexibility index (Phi) is 3.53. The zero-order valence-electron chi connectivity index (χ0n) is 12.6. The van der Waals surface area contributed by atoms with Crippen LogP contribution in [0.2, 0.25) is 5.02 Å². The fraction of sp³-hybridized carbons (Fsp3) is 0. The van der Waals surface area contributed by atoms with Gasteiger partial charge in [-0.05, 0) is 29.3 Å². The largest absolute Gasteiger partial charge is 0.339 e. The molecule has 4 aromatic rings. The van der Waals surface area contributed by atoms with Crippen LogP contribution < -0.4 is 0 Å². The van der Waals surface area contributed by atoms with Crippen LogP contribution >= 0.6 is 11.6 Å². The molecule has 4 rings (SSSR count). The Hall–Kier alpha value is -3.09. The second-order valence-electron chi connectivity index (χ2n) is 5.48. The summed E-state index contributed by atoms with van der Waals surface area (Å²) in [7, 11) is 0. The monoisotopic (exact) mass is 329 g/mol. The van der Waals surface area contributed by atoms with Crippen molar-refractivity contribution in [1.29, 1.82) is 5.26 Å². The van der Waals surface area contributed by atoms with Crippen LogP contribution in [-0.2, 0) is 0 Å². The number of benzene rings is 2. The Balaban J connectivity index is 2.09. The predicted octanol–water partition coefficient (Wildman–Crippen LogP) is 5.42. The zero-order valence-corrected chi connectivity index (χ0v) is 13.4. The molecule has 2 aromatic carbocycles. The van der Waals surface area contributed by atoms with Gasteiger partial charge in [0.25, 0.3) is 0 Å². The molecule has 24 heavy (non-hydrogen) atoms. The SMILES string of the molecule is N#Cc1cnc2[nH]c(-c3ccccc3)c(-c3cccc(Cl)c3)c2c1. The van der Waals surface area contributed by atoms with Crippen LogP contribution in [0, 0.1) is 11.3 Å². The quantitative estimate of drug-likeness (QED) is 0.533. The van der Waals surface area contributed by atoms with Crippen LogP contribution in [0.25, 0.3) is 33.4 Å². The van der Waals surface area contributed by atoms with Crippen LogP contribution in [0.5, 0.6) is 0 Å². The maximum Gasteiger partial charge on any atom is 0.138 e. The maximum absolute atomic E-state index is 9.21. The summed E-state index contributed by atoms with van der Waals surface area (Å²) in [5, 5.41) is 10.8. The van der Waals surface area contributed by atoms with Gasteiger partial charge in [0.15, 0.2) is 0 Å². The topological polar surface area (TPSA) is 52.5 Å².